The maximum atomic E-state index is 12.4. The first-order valence-electron chi connectivity index (χ1n) is 7.13. The van der Waals surface area contributed by atoms with Gasteiger partial charge in [0.05, 0.1) is 18.9 Å². The largest absolute Gasteiger partial charge is 0.378 e. The minimum Gasteiger partial charge on any atom is -0.378 e. The van der Waals surface area contributed by atoms with Crippen LogP contribution in [-0.4, -0.2) is 55.3 Å². The highest BCUT2D eigenvalue weighted by Crippen LogP contribution is 2.33. The number of benzene rings is 1. The van der Waals surface area contributed by atoms with Crippen LogP contribution in [0.25, 0.3) is 0 Å². The highest BCUT2D eigenvalue weighted by molar-refractivity contribution is 7.99. The van der Waals surface area contributed by atoms with Gasteiger partial charge in [0.15, 0.2) is 0 Å². The van der Waals surface area contributed by atoms with Crippen LogP contribution in [0, 0.1) is 0 Å². The molecule has 0 atom stereocenters. The molecule has 0 N–H and O–H groups in total. The lowest BCUT2D eigenvalue weighted by molar-refractivity contribution is -0.135. The molecule has 6 heteroatoms. The van der Waals surface area contributed by atoms with Crippen LogP contribution in [-0.2, 0) is 14.3 Å². The van der Waals surface area contributed by atoms with Crippen molar-refractivity contribution >= 4 is 29.3 Å². The number of thioether (sulfide) groups is 1. The molecule has 21 heavy (non-hydrogen) atoms. The van der Waals surface area contributed by atoms with Crippen LogP contribution >= 0.6 is 11.8 Å². The van der Waals surface area contributed by atoms with Gasteiger partial charge in [0.25, 0.3) is 0 Å². The standard InChI is InChI=1S/C15H18N2O3S/c18-14-5-10-21-13-4-2-1-3-12(13)17(14)11-15(19)16-6-8-20-9-7-16/h1-4H,5-11H2. The Morgan fingerprint density at radius 1 is 1.24 bits per heavy atom. The minimum absolute atomic E-state index is 0.00615. The summed E-state index contributed by atoms with van der Waals surface area (Å²) >= 11 is 1.67. The summed E-state index contributed by atoms with van der Waals surface area (Å²) in [7, 11) is 0. The maximum absolute atomic E-state index is 12.4. The summed E-state index contributed by atoms with van der Waals surface area (Å²) in [5, 5.41) is 0. The van der Waals surface area contributed by atoms with Gasteiger partial charge >= 0.3 is 0 Å². The van der Waals surface area contributed by atoms with Crippen LogP contribution < -0.4 is 4.90 Å². The Hall–Kier alpha value is -1.53. The van der Waals surface area contributed by atoms with Gasteiger partial charge in [-0.3, -0.25) is 9.59 Å². The topological polar surface area (TPSA) is 49.9 Å². The fraction of sp³-hybridized carbons (Fsp3) is 0.467. The number of ether oxygens (including phenoxy) is 1. The van der Waals surface area contributed by atoms with E-state index in [4.69, 9.17) is 4.74 Å². The summed E-state index contributed by atoms with van der Waals surface area (Å²) in [6, 6.07) is 7.79. The lowest BCUT2D eigenvalue weighted by atomic mass is 10.2. The SMILES string of the molecule is O=C(CN1C(=O)CCSc2ccccc21)N1CCOCC1. The maximum Gasteiger partial charge on any atom is 0.242 e. The fourth-order valence-corrected chi connectivity index (χ4v) is 3.54. The average molecular weight is 306 g/mol. The minimum atomic E-state index is -0.00615. The molecule has 0 aromatic heterocycles. The number of amides is 2. The van der Waals surface area contributed by atoms with Gasteiger partial charge in [0.1, 0.15) is 6.54 Å². The summed E-state index contributed by atoms with van der Waals surface area (Å²) in [6.07, 6.45) is 0.468. The smallest absolute Gasteiger partial charge is 0.242 e. The van der Waals surface area contributed by atoms with Crippen molar-refractivity contribution in [3.05, 3.63) is 24.3 Å². The molecule has 0 saturated carbocycles. The number of carbonyl (C=O) groups is 2. The number of carbonyl (C=O) groups excluding carboxylic acids is 2. The van der Waals surface area contributed by atoms with Gasteiger partial charge in [0, 0.05) is 30.2 Å². The highest BCUT2D eigenvalue weighted by Gasteiger charge is 2.27. The molecule has 0 spiro atoms. The van der Waals surface area contributed by atoms with E-state index < -0.39 is 0 Å². The van der Waals surface area contributed by atoms with Gasteiger partial charge in [-0.1, -0.05) is 12.1 Å². The lowest BCUT2D eigenvalue weighted by Crippen LogP contribution is -2.47. The average Bonchev–Trinajstić information content (AvgIpc) is 2.68. The molecule has 1 fully saturated rings. The summed E-state index contributed by atoms with van der Waals surface area (Å²) in [4.78, 5) is 29.2. The molecule has 1 aromatic carbocycles. The Morgan fingerprint density at radius 3 is 2.81 bits per heavy atom. The van der Waals surface area contributed by atoms with Crippen molar-refractivity contribution in [2.45, 2.75) is 11.3 Å². The molecular formula is C15H18N2O3S. The number of fused-ring (bicyclic) bond motifs is 1. The van der Waals surface area contributed by atoms with Crippen LogP contribution in [0.1, 0.15) is 6.42 Å². The summed E-state index contributed by atoms with van der Waals surface area (Å²) in [5.74, 6) is 0.778. The Kier molecular flexibility index (Phi) is 4.45. The van der Waals surface area contributed by atoms with E-state index in [1.165, 1.54) is 0 Å². The molecule has 3 rings (SSSR count). The molecule has 1 aromatic rings. The third kappa shape index (κ3) is 3.22. The van der Waals surface area contributed by atoms with Crippen molar-refractivity contribution in [2.75, 3.05) is 43.5 Å². The predicted octanol–water partition coefficient (Wildman–Crippen LogP) is 1.37. The molecule has 2 amide bonds. The third-order valence-corrected chi connectivity index (χ3v) is 4.75. The summed E-state index contributed by atoms with van der Waals surface area (Å²) in [6.45, 7) is 2.49. The van der Waals surface area contributed by atoms with E-state index >= 15 is 0 Å². The van der Waals surface area contributed by atoms with Gasteiger partial charge in [0.2, 0.25) is 11.8 Å². The van der Waals surface area contributed by atoms with Crippen molar-refractivity contribution in [1.29, 1.82) is 0 Å². The zero-order valence-corrected chi connectivity index (χ0v) is 12.6. The zero-order valence-electron chi connectivity index (χ0n) is 11.8. The fourth-order valence-electron chi connectivity index (χ4n) is 2.54. The number of nitrogens with zero attached hydrogens (tertiary/aromatic N) is 2. The second-order valence-electron chi connectivity index (χ2n) is 5.04. The Balaban J connectivity index is 1.79. The van der Waals surface area contributed by atoms with Crippen LogP contribution in [0.4, 0.5) is 5.69 Å². The first-order chi connectivity index (χ1) is 10.3. The molecule has 0 aliphatic carbocycles. The molecule has 2 aliphatic rings. The van der Waals surface area contributed by atoms with Crippen LogP contribution in [0.2, 0.25) is 0 Å². The van der Waals surface area contributed by atoms with Gasteiger partial charge in [-0.15, -0.1) is 11.8 Å². The number of morpholine rings is 1. The molecular weight excluding hydrogens is 288 g/mol. The molecule has 2 heterocycles. The Morgan fingerprint density at radius 2 is 2.00 bits per heavy atom. The second kappa shape index (κ2) is 6.49. The molecule has 0 unspecified atom stereocenters. The van der Waals surface area contributed by atoms with Gasteiger partial charge in [-0.25, -0.2) is 0 Å². The van der Waals surface area contributed by atoms with Gasteiger partial charge < -0.3 is 14.5 Å². The molecule has 0 radical (unpaired) electrons. The molecule has 1 saturated heterocycles. The number of hydrogen-bond donors (Lipinski definition) is 0. The van der Waals surface area contributed by atoms with Crippen LogP contribution in [0.3, 0.4) is 0 Å². The number of para-hydroxylation sites is 1. The van der Waals surface area contributed by atoms with Gasteiger partial charge in [-0.05, 0) is 12.1 Å². The Labute approximate surface area is 128 Å². The van der Waals surface area contributed by atoms with E-state index in [-0.39, 0.29) is 18.4 Å². The van der Waals surface area contributed by atoms with Crippen molar-refractivity contribution in [1.82, 2.24) is 4.90 Å². The third-order valence-electron chi connectivity index (χ3n) is 3.69. The van der Waals surface area contributed by atoms with E-state index in [1.807, 2.05) is 24.3 Å². The van der Waals surface area contributed by atoms with E-state index in [9.17, 15) is 9.59 Å². The second-order valence-corrected chi connectivity index (χ2v) is 6.18. The van der Waals surface area contributed by atoms with Crippen LogP contribution in [0.5, 0.6) is 0 Å². The first-order valence-corrected chi connectivity index (χ1v) is 8.12. The van der Waals surface area contributed by atoms with E-state index in [2.05, 4.69) is 0 Å². The molecule has 0 bridgehead atoms. The number of rotatable bonds is 2. The van der Waals surface area contributed by atoms with Gasteiger partial charge in [-0.2, -0.15) is 0 Å². The lowest BCUT2D eigenvalue weighted by Gasteiger charge is -2.30. The Bertz CT molecular complexity index is 543. The monoisotopic (exact) mass is 306 g/mol. The van der Waals surface area contributed by atoms with Crippen molar-refractivity contribution in [3.8, 4) is 0 Å². The van der Waals surface area contributed by atoms with E-state index in [0.29, 0.717) is 32.7 Å². The molecule has 112 valence electrons. The number of hydrogen-bond acceptors (Lipinski definition) is 4. The number of anilines is 1. The molecule has 5 nitrogen and oxygen atoms in total. The highest BCUT2D eigenvalue weighted by atomic mass is 32.2. The predicted molar refractivity (Wildman–Crippen MR) is 81.5 cm³/mol. The summed E-state index contributed by atoms with van der Waals surface area (Å²) < 4.78 is 5.26. The normalized spacial score (nSPS) is 19.1. The van der Waals surface area contributed by atoms with Crippen molar-refractivity contribution in [2.24, 2.45) is 0 Å². The van der Waals surface area contributed by atoms with E-state index in [1.54, 1.807) is 21.6 Å². The van der Waals surface area contributed by atoms with E-state index in [0.717, 1.165) is 16.3 Å². The molecule has 2 aliphatic heterocycles. The first kappa shape index (κ1) is 14.4. The quantitative estimate of drug-likeness (QED) is 0.828. The zero-order chi connectivity index (χ0) is 14.7. The summed E-state index contributed by atoms with van der Waals surface area (Å²) in [5.41, 5.74) is 0.853. The van der Waals surface area contributed by atoms with Crippen molar-refractivity contribution < 1.29 is 14.3 Å². The van der Waals surface area contributed by atoms with Crippen LogP contribution in [0.15, 0.2) is 29.2 Å². The van der Waals surface area contributed by atoms with Crippen molar-refractivity contribution in [3.63, 3.8) is 0 Å².